The van der Waals surface area contributed by atoms with Gasteiger partial charge in [-0.1, -0.05) is 48.5 Å². The van der Waals surface area contributed by atoms with Crippen LogP contribution in [0.4, 0.5) is 5.69 Å². The molecule has 0 unspecified atom stereocenters. The van der Waals surface area contributed by atoms with Crippen LogP contribution in [0.5, 0.6) is 0 Å². The Hall–Kier alpha value is -2.34. The first kappa shape index (κ1) is 16.5. The summed E-state index contributed by atoms with van der Waals surface area (Å²) < 4.78 is 32.5. The first-order valence-electron chi connectivity index (χ1n) is 7.72. The first-order chi connectivity index (χ1) is 11.5. The molecule has 0 saturated carbocycles. The molecule has 0 radical (unpaired) electrons. The van der Waals surface area contributed by atoms with E-state index in [4.69, 9.17) is 4.74 Å². The number of sulfonamides is 1. The standard InChI is InChI=1S/C18H19NO4S/c1-23-17(20)12-15-13-19(16-10-6-3-7-11-16)24(21,22)18(15)14-8-4-2-5-9-14/h2-11,15,18H,12-13H2,1H3/t15-,18+/m1/s1. The zero-order valence-electron chi connectivity index (χ0n) is 13.3. The summed E-state index contributed by atoms with van der Waals surface area (Å²) in [6.45, 7) is 0.265. The average molecular weight is 345 g/mol. The van der Waals surface area contributed by atoms with E-state index in [0.29, 0.717) is 11.3 Å². The molecule has 0 aromatic heterocycles. The maximum atomic E-state index is 13.1. The number of rotatable bonds is 4. The van der Waals surface area contributed by atoms with E-state index in [9.17, 15) is 13.2 Å². The molecular weight excluding hydrogens is 326 g/mol. The summed E-state index contributed by atoms with van der Waals surface area (Å²) in [7, 11) is -2.29. The summed E-state index contributed by atoms with van der Waals surface area (Å²) >= 11 is 0. The van der Waals surface area contributed by atoms with Gasteiger partial charge in [-0.3, -0.25) is 9.10 Å². The Labute approximate surface area is 141 Å². The van der Waals surface area contributed by atoms with Crippen molar-refractivity contribution >= 4 is 21.7 Å². The van der Waals surface area contributed by atoms with Gasteiger partial charge in [0.25, 0.3) is 0 Å². The average Bonchev–Trinajstić information content (AvgIpc) is 2.86. The third-order valence-corrected chi connectivity index (χ3v) is 6.56. The van der Waals surface area contributed by atoms with Crippen LogP contribution in [0.1, 0.15) is 17.2 Å². The zero-order valence-corrected chi connectivity index (χ0v) is 14.1. The van der Waals surface area contributed by atoms with Crippen molar-refractivity contribution < 1.29 is 17.9 Å². The molecular formula is C18H19NO4S. The minimum Gasteiger partial charge on any atom is -0.469 e. The van der Waals surface area contributed by atoms with Crippen molar-refractivity contribution in [2.24, 2.45) is 5.92 Å². The van der Waals surface area contributed by atoms with Crippen LogP contribution in [-0.2, 0) is 19.6 Å². The Balaban J connectivity index is 2.03. The van der Waals surface area contributed by atoms with Gasteiger partial charge in [-0.25, -0.2) is 8.42 Å². The smallest absolute Gasteiger partial charge is 0.305 e. The van der Waals surface area contributed by atoms with Crippen LogP contribution in [-0.4, -0.2) is 28.0 Å². The number of benzene rings is 2. The number of esters is 1. The van der Waals surface area contributed by atoms with Crippen LogP contribution in [0, 0.1) is 5.92 Å². The molecule has 2 atom stereocenters. The number of methoxy groups -OCH3 is 1. The highest BCUT2D eigenvalue weighted by atomic mass is 32.2. The lowest BCUT2D eigenvalue weighted by molar-refractivity contribution is -0.141. The maximum Gasteiger partial charge on any atom is 0.305 e. The Morgan fingerprint density at radius 3 is 2.25 bits per heavy atom. The van der Waals surface area contributed by atoms with Crippen molar-refractivity contribution in [2.45, 2.75) is 11.7 Å². The van der Waals surface area contributed by atoms with E-state index in [1.54, 1.807) is 36.4 Å². The van der Waals surface area contributed by atoms with Gasteiger partial charge in [0.2, 0.25) is 10.0 Å². The molecule has 1 saturated heterocycles. The highest BCUT2D eigenvalue weighted by molar-refractivity contribution is 7.93. The molecule has 0 spiro atoms. The molecule has 1 fully saturated rings. The lowest BCUT2D eigenvalue weighted by Gasteiger charge is -2.19. The van der Waals surface area contributed by atoms with Gasteiger partial charge >= 0.3 is 5.97 Å². The molecule has 6 heteroatoms. The van der Waals surface area contributed by atoms with E-state index in [1.165, 1.54) is 11.4 Å². The van der Waals surface area contributed by atoms with Crippen LogP contribution >= 0.6 is 0 Å². The molecule has 24 heavy (non-hydrogen) atoms. The van der Waals surface area contributed by atoms with Gasteiger partial charge in [-0.2, -0.15) is 0 Å². The van der Waals surface area contributed by atoms with Crippen molar-refractivity contribution in [1.82, 2.24) is 0 Å². The molecule has 1 heterocycles. The molecule has 1 aliphatic rings. The van der Waals surface area contributed by atoms with Crippen LogP contribution in [0.2, 0.25) is 0 Å². The van der Waals surface area contributed by atoms with Gasteiger partial charge in [0.05, 0.1) is 19.2 Å². The molecule has 0 N–H and O–H groups in total. The number of hydrogen-bond donors (Lipinski definition) is 0. The second-order valence-electron chi connectivity index (χ2n) is 5.78. The number of hydrogen-bond acceptors (Lipinski definition) is 4. The highest BCUT2D eigenvalue weighted by Crippen LogP contribution is 2.43. The van der Waals surface area contributed by atoms with Gasteiger partial charge in [-0.05, 0) is 17.7 Å². The van der Waals surface area contributed by atoms with Gasteiger partial charge in [0.15, 0.2) is 0 Å². The fraction of sp³-hybridized carbons (Fsp3) is 0.278. The Kier molecular flexibility index (Phi) is 4.57. The third-order valence-electron chi connectivity index (χ3n) is 4.29. The second kappa shape index (κ2) is 6.65. The summed E-state index contributed by atoms with van der Waals surface area (Å²) in [5.41, 5.74) is 1.32. The van der Waals surface area contributed by atoms with Crippen LogP contribution < -0.4 is 4.31 Å². The van der Waals surface area contributed by atoms with E-state index in [-0.39, 0.29) is 18.9 Å². The summed E-state index contributed by atoms with van der Waals surface area (Å²) in [6, 6.07) is 18.0. The fourth-order valence-electron chi connectivity index (χ4n) is 3.20. The maximum absolute atomic E-state index is 13.1. The second-order valence-corrected chi connectivity index (χ2v) is 7.76. The quantitative estimate of drug-likeness (QED) is 0.800. The van der Waals surface area contributed by atoms with E-state index in [2.05, 4.69) is 0 Å². The van der Waals surface area contributed by atoms with E-state index in [1.807, 2.05) is 24.3 Å². The summed E-state index contributed by atoms with van der Waals surface area (Å²) in [5.74, 6) is -0.754. The van der Waals surface area contributed by atoms with Crippen LogP contribution in [0.15, 0.2) is 60.7 Å². The first-order valence-corrected chi connectivity index (χ1v) is 9.22. The summed E-state index contributed by atoms with van der Waals surface area (Å²) in [6.07, 6.45) is 0.0681. The predicted molar refractivity (Wildman–Crippen MR) is 92.0 cm³/mol. The Morgan fingerprint density at radius 2 is 1.67 bits per heavy atom. The van der Waals surface area contributed by atoms with Gasteiger partial charge in [0, 0.05) is 12.5 Å². The molecule has 3 rings (SSSR count). The Bertz CT molecular complexity index is 805. The summed E-state index contributed by atoms with van der Waals surface area (Å²) in [4.78, 5) is 11.8. The molecule has 2 aromatic rings. The van der Waals surface area contributed by atoms with Crippen molar-refractivity contribution in [2.75, 3.05) is 18.0 Å². The lowest BCUT2D eigenvalue weighted by atomic mass is 9.95. The molecule has 5 nitrogen and oxygen atoms in total. The minimum atomic E-state index is -3.61. The van der Waals surface area contributed by atoms with Gasteiger partial charge < -0.3 is 4.74 Å². The number of ether oxygens (including phenoxy) is 1. The minimum absolute atomic E-state index is 0.0681. The van der Waals surface area contributed by atoms with Crippen molar-refractivity contribution in [3.05, 3.63) is 66.2 Å². The number of nitrogens with zero attached hydrogens (tertiary/aromatic N) is 1. The van der Waals surface area contributed by atoms with E-state index < -0.39 is 21.2 Å². The predicted octanol–water partition coefficient (Wildman–Crippen LogP) is 2.76. The van der Waals surface area contributed by atoms with Crippen LogP contribution in [0.3, 0.4) is 0 Å². The van der Waals surface area contributed by atoms with E-state index >= 15 is 0 Å². The molecule has 0 aliphatic carbocycles. The van der Waals surface area contributed by atoms with Crippen molar-refractivity contribution in [3.63, 3.8) is 0 Å². The monoisotopic (exact) mass is 345 g/mol. The molecule has 1 aliphatic heterocycles. The number of anilines is 1. The zero-order chi connectivity index (χ0) is 17.2. The number of para-hydroxylation sites is 1. The molecule has 0 bridgehead atoms. The molecule has 0 amide bonds. The van der Waals surface area contributed by atoms with Gasteiger partial charge in [-0.15, -0.1) is 0 Å². The SMILES string of the molecule is COC(=O)C[C@@H]1CN(c2ccccc2)S(=O)(=O)[C@H]1c1ccccc1. The van der Waals surface area contributed by atoms with Crippen LogP contribution in [0.25, 0.3) is 0 Å². The number of carbonyl (C=O) groups is 1. The normalized spacial score (nSPS) is 22.3. The lowest BCUT2D eigenvalue weighted by Crippen LogP contribution is -2.26. The molecule has 2 aromatic carbocycles. The third kappa shape index (κ3) is 3.01. The molecule has 126 valence electrons. The topological polar surface area (TPSA) is 63.7 Å². The van der Waals surface area contributed by atoms with E-state index in [0.717, 1.165) is 0 Å². The number of carbonyl (C=O) groups excluding carboxylic acids is 1. The summed E-state index contributed by atoms with van der Waals surface area (Å²) in [5, 5.41) is -0.752. The van der Waals surface area contributed by atoms with Crippen molar-refractivity contribution in [1.29, 1.82) is 0 Å². The van der Waals surface area contributed by atoms with Gasteiger partial charge in [0.1, 0.15) is 5.25 Å². The highest BCUT2D eigenvalue weighted by Gasteiger charge is 2.47. The Morgan fingerprint density at radius 1 is 1.08 bits per heavy atom. The fourth-order valence-corrected chi connectivity index (χ4v) is 5.45. The largest absolute Gasteiger partial charge is 0.469 e. The van der Waals surface area contributed by atoms with Crippen molar-refractivity contribution in [3.8, 4) is 0 Å².